The molecule has 0 bridgehead atoms. The standard InChI is InChI=1S/C17H34N2S/c1-4-6-14-7-8-17(18-5-2)15(11-14)12-19(3)16-9-10-20-13-16/h14-18H,4-13H2,1-3H3. The third-order valence-electron chi connectivity index (χ3n) is 5.31. The van der Waals surface area contributed by atoms with Gasteiger partial charge in [-0.05, 0) is 56.9 Å². The highest BCUT2D eigenvalue weighted by molar-refractivity contribution is 7.99. The second-order valence-corrected chi connectivity index (χ2v) is 8.00. The van der Waals surface area contributed by atoms with Gasteiger partial charge >= 0.3 is 0 Å². The molecule has 1 N–H and O–H groups in total. The van der Waals surface area contributed by atoms with Crippen LogP contribution in [0.4, 0.5) is 0 Å². The quantitative estimate of drug-likeness (QED) is 0.773. The van der Waals surface area contributed by atoms with E-state index in [9.17, 15) is 0 Å². The third kappa shape index (κ3) is 4.64. The van der Waals surface area contributed by atoms with Crippen LogP contribution in [0.15, 0.2) is 0 Å². The molecular formula is C17H34N2S. The Morgan fingerprint density at radius 2 is 2.05 bits per heavy atom. The summed E-state index contributed by atoms with van der Waals surface area (Å²) in [5, 5.41) is 3.76. The SMILES string of the molecule is CCCC1CCC(NCC)C(CN(C)C2CCSC2)C1. The van der Waals surface area contributed by atoms with Crippen molar-refractivity contribution in [3.63, 3.8) is 0 Å². The van der Waals surface area contributed by atoms with Gasteiger partial charge in [-0.3, -0.25) is 0 Å². The summed E-state index contributed by atoms with van der Waals surface area (Å²) < 4.78 is 0. The number of rotatable bonds is 7. The first-order chi connectivity index (χ1) is 9.74. The molecule has 0 radical (unpaired) electrons. The molecule has 1 aliphatic heterocycles. The van der Waals surface area contributed by atoms with Crippen LogP contribution in [0.3, 0.4) is 0 Å². The Hall–Kier alpha value is 0.270. The van der Waals surface area contributed by atoms with Crippen molar-refractivity contribution in [2.45, 2.75) is 64.5 Å². The summed E-state index contributed by atoms with van der Waals surface area (Å²) in [6.45, 7) is 7.03. The van der Waals surface area contributed by atoms with Crippen LogP contribution in [0.1, 0.15) is 52.4 Å². The smallest absolute Gasteiger partial charge is 0.0191 e. The number of thioether (sulfide) groups is 1. The Morgan fingerprint density at radius 1 is 1.20 bits per heavy atom. The van der Waals surface area contributed by atoms with Crippen molar-refractivity contribution >= 4 is 11.8 Å². The van der Waals surface area contributed by atoms with E-state index in [1.807, 2.05) is 0 Å². The molecule has 1 saturated heterocycles. The highest BCUT2D eigenvalue weighted by Crippen LogP contribution is 2.33. The zero-order chi connectivity index (χ0) is 14.4. The minimum atomic E-state index is 0.768. The van der Waals surface area contributed by atoms with Crippen LogP contribution in [0.25, 0.3) is 0 Å². The lowest BCUT2D eigenvalue weighted by Gasteiger charge is -2.39. The van der Waals surface area contributed by atoms with E-state index < -0.39 is 0 Å². The first-order valence-electron chi connectivity index (χ1n) is 8.75. The average molecular weight is 299 g/mol. The number of hydrogen-bond acceptors (Lipinski definition) is 3. The maximum Gasteiger partial charge on any atom is 0.0191 e. The van der Waals surface area contributed by atoms with Crippen molar-refractivity contribution in [2.75, 3.05) is 31.6 Å². The van der Waals surface area contributed by atoms with Crippen LogP contribution in [0.5, 0.6) is 0 Å². The normalized spacial score (nSPS) is 34.8. The van der Waals surface area contributed by atoms with Gasteiger partial charge < -0.3 is 10.2 Å². The van der Waals surface area contributed by atoms with Gasteiger partial charge in [0.25, 0.3) is 0 Å². The molecule has 4 unspecified atom stereocenters. The molecule has 1 heterocycles. The molecule has 2 nitrogen and oxygen atoms in total. The second-order valence-electron chi connectivity index (χ2n) is 6.85. The summed E-state index contributed by atoms with van der Waals surface area (Å²) in [4.78, 5) is 2.67. The van der Waals surface area contributed by atoms with Gasteiger partial charge in [-0.15, -0.1) is 0 Å². The maximum absolute atomic E-state index is 3.76. The van der Waals surface area contributed by atoms with Crippen LogP contribution in [-0.4, -0.2) is 48.6 Å². The minimum absolute atomic E-state index is 0.768. The molecule has 20 heavy (non-hydrogen) atoms. The van der Waals surface area contributed by atoms with Gasteiger partial charge in [0.15, 0.2) is 0 Å². The summed E-state index contributed by atoms with van der Waals surface area (Å²) in [5.74, 6) is 4.59. The highest BCUT2D eigenvalue weighted by Gasteiger charge is 2.32. The van der Waals surface area contributed by atoms with E-state index in [2.05, 4.69) is 42.9 Å². The fourth-order valence-corrected chi connectivity index (χ4v) is 5.45. The predicted octanol–water partition coefficient (Wildman–Crippen LogP) is 3.62. The molecule has 1 aliphatic carbocycles. The highest BCUT2D eigenvalue weighted by atomic mass is 32.2. The van der Waals surface area contributed by atoms with Crippen molar-refractivity contribution in [3.8, 4) is 0 Å². The fourth-order valence-electron chi connectivity index (χ4n) is 4.15. The summed E-state index contributed by atoms with van der Waals surface area (Å²) in [6, 6.07) is 1.61. The van der Waals surface area contributed by atoms with Crippen molar-refractivity contribution in [1.29, 1.82) is 0 Å². The van der Waals surface area contributed by atoms with Gasteiger partial charge in [0, 0.05) is 24.4 Å². The molecule has 0 aromatic carbocycles. The van der Waals surface area contributed by atoms with E-state index in [-0.39, 0.29) is 0 Å². The molecular weight excluding hydrogens is 264 g/mol. The molecule has 3 heteroatoms. The van der Waals surface area contributed by atoms with Gasteiger partial charge in [-0.25, -0.2) is 0 Å². The summed E-state index contributed by atoms with van der Waals surface area (Å²) >= 11 is 2.13. The molecule has 118 valence electrons. The van der Waals surface area contributed by atoms with Gasteiger partial charge in [0.05, 0.1) is 0 Å². The maximum atomic E-state index is 3.76. The monoisotopic (exact) mass is 298 g/mol. The van der Waals surface area contributed by atoms with E-state index >= 15 is 0 Å². The van der Waals surface area contributed by atoms with Crippen LogP contribution >= 0.6 is 11.8 Å². The minimum Gasteiger partial charge on any atom is -0.314 e. The molecule has 2 rings (SSSR count). The fraction of sp³-hybridized carbons (Fsp3) is 1.00. The Bertz CT molecular complexity index is 266. The van der Waals surface area contributed by atoms with Gasteiger partial charge in [0.1, 0.15) is 0 Å². The van der Waals surface area contributed by atoms with Gasteiger partial charge in [-0.1, -0.05) is 26.7 Å². The number of nitrogens with zero attached hydrogens (tertiary/aromatic N) is 1. The number of nitrogens with one attached hydrogen (secondary N) is 1. The Labute approximate surface area is 130 Å². The van der Waals surface area contributed by atoms with Crippen molar-refractivity contribution < 1.29 is 0 Å². The van der Waals surface area contributed by atoms with E-state index in [0.29, 0.717) is 0 Å². The van der Waals surface area contributed by atoms with E-state index in [4.69, 9.17) is 0 Å². The third-order valence-corrected chi connectivity index (χ3v) is 6.45. The molecule has 2 fully saturated rings. The Morgan fingerprint density at radius 3 is 2.70 bits per heavy atom. The van der Waals surface area contributed by atoms with Gasteiger partial charge in [0.2, 0.25) is 0 Å². The Kier molecular flexibility index (Phi) is 7.20. The first kappa shape index (κ1) is 16.6. The van der Waals surface area contributed by atoms with Crippen molar-refractivity contribution in [2.24, 2.45) is 11.8 Å². The lowest BCUT2D eigenvalue weighted by atomic mass is 9.76. The molecule has 0 aromatic rings. The van der Waals surface area contributed by atoms with E-state index in [1.165, 1.54) is 56.6 Å². The van der Waals surface area contributed by atoms with Crippen molar-refractivity contribution in [1.82, 2.24) is 10.2 Å². The van der Waals surface area contributed by atoms with Gasteiger partial charge in [-0.2, -0.15) is 11.8 Å². The molecule has 0 amide bonds. The van der Waals surface area contributed by atoms with Crippen molar-refractivity contribution in [3.05, 3.63) is 0 Å². The topological polar surface area (TPSA) is 15.3 Å². The van der Waals surface area contributed by atoms with E-state index in [1.54, 1.807) is 0 Å². The zero-order valence-electron chi connectivity index (χ0n) is 13.7. The predicted molar refractivity (Wildman–Crippen MR) is 91.6 cm³/mol. The number of hydrogen-bond donors (Lipinski definition) is 1. The van der Waals surface area contributed by atoms with E-state index in [0.717, 1.165) is 30.5 Å². The summed E-state index contributed by atoms with van der Waals surface area (Å²) in [7, 11) is 2.36. The molecule has 0 spiro atoms. The largest absolute Gasteiger partial charge is 0.314 e. The summed E-state index contributed by atoms with van der Waals surface area (Å²) in [5.41, 5.74) is 0. The molecule has 1 saturated carbocycles. The lowest BCUT2D eigenvalue weighted by molar-refractivity contribution is 0.133. The zero-order valence-corrected chi connectivity index (χ0v) is 14.6. The Balaban J connectivity index is 1.88. The average Bonchev–Trinajstić information content (AvgIpc) is 2.96. The molecule has 4 atom stereocenters. The van der Waals surface area contributed by atoms with Crippen LogP contribution in [-0.2, 0) is 0 Å². The van der Waals surface area contributed by atoms with Crippen LogP contribution in [0.2, 0.25) is 0 Å². The second kappa shape index (κ2) is 8.65. The van der Waals surface area contributed by atoms with Crippen LogP contribution < -0.4 is 5.32 Å². The lowest BCUT2D eigenvalue weighted by Crippen LogP contribution is -2.47. The van der Waals surface area contributed by atoms with Crippen LogP contribution in [0, 0.1) is 11.8 Å². The molecule has 0 aromatic heterocycles. The first-order valence-corrected chi connectivity index (χ1v) is 9.91. The molecule has 2 aliphatic rings. The summed E-state index contributed by atoms with van der Waals surface area (Å²) in [6.07, 6.45) is 8.51.